The molecule has 3 aliphatic rings. The summed E-state index contributed by atoms with van der Waals surface area (Å²) in [4.78, 5) is 33.0. The lowest BCUT2D eigenvalue weighted by Crippen LogP contribution is -2.52. The molecule has 1 aliphatic carbocycles. The van der Waals surface area contributed by atoms with Crippen LogP contribution in [0.1, 0.15) is 53.7 Å². The average molecular weight is 357 g/mol. The van der Waals surface area contributed by atoms with Crippen LogP contribution in [0.15, 0.2) is 12.3 Å². The number of pyridine rings is 1. The van der Waals surface area contributed by atoms with Gasteiger partial charge in [0, 0.05) is 38.6 Å². The van der Waals surface area contributed by atoms with Crippen molar-refractivity contribution in [3.63, 3.8) is 0 Å². The molecular formula is C20H27N3O3. The van der Waals surface area contributed by atoms with Crippen LogP contribution in [-0.2, 0) is 22.4 Å². The zero-order valence-corrected chi connectivity index (χ0v) is 15.5. The van der Waals surface area contributed by atoms with Crippen molar-refractivity contribution in [2.24, 2.45) is 0 Å². The number of ether oxygens (including phenoxy) is 1. The molecule has 1 aromatic rings. The molecule has 1 spiro atoms. The number of piperidine rings is 1. The Morgan fingerprint density at radius 1 is 1.19 bits per heavy atom. The van der Waals surface area contributed by atoms with Crippen molar-refractivity contribution < 1.29 is 14.3 Å². The lowest BCUT2D eigenvalue weighted by Gasteiger charge is -2.42. The summed E-state index contributed by atoms with van der Waals surface area (Å²) in [5.41, 5.74) is 2.80. The highest BCUT2D eigenvalue weighted by Crippen LogP contribution is 2.30. The van der Waals surface area contributed by atoms with Crippen LogP contribution >= 0.6 is 0 Å². The summed E-state index contributed by atoms with van der Waals surface area (Å²) in [6, 6.07) is 2.04. The predicted molar refractivity (Wildman–Crippen MR) is 97.0 cm³/mol. The van der Waals surface area contributed by atoms with Crippen molar-refractivity contribution in [2.45, 2.75) is 50.5 Å². The largest absolute Gasteiger partial charge is 0.372 e. The third-order valence-corrected chi connectivity index (χ3v) is 6.05. The Kier molecular flexibility index (Phi) is 4.69. The van der Waals surface area contributed by atoms with Gasteiger partial charge < -0.3 is 14.5 Å². The SMILES string of the molecule is CN1CC2(CCN(C(=O)c3cnc4c(c3)CCCC4)CC2)OCCC1=O. The number of hydrogen-bond acceptors (Lipinski definition) is 4. The molecule has 0 aromatic carbocycles. The topological polar surface area (TPSA) is 62.7 Å². The Morgan fingerprint density at radius 3 is 2.77 bits per heavy atom. The van der Waals surface area contributed by atoms with E-state index in [4.69, 9.17) is 4.74 Å². The van der Waals surface area contributed by atoms with Crippen molar-refractivity contribution in [2.75, 3.05) is 33.3 Å². The Bertz CT molecular complexity index is 710. The summed E-state index contributed by atoms with van der Waals surface area (Å²) in [5.74, 6) is 0.208. The van der Waals surface area contributed by atoms with Crippen LogP contribution in [0.4, 0.5) is 0 Å². The number of nitrogens with zero attached hydrogens (tertiary/aromatic N) is 3. The molecule has 0 unspecified atom stereocenters. The quantitative estimate of drug-likeness (QED) is 0.769. The number of fused-ring (bicyclic) bond motifs is 1. The van der Waals surface area contributed by atoms with Crippen LogP contribution in [0.5, 0.6) is 0 Å². The Morgan fingerprint density at radius 2 is 1.96 bits per heavy atom. The molecule has 0 atom stereocenters. The van der Waals surface area contributed by atoms with E-state index in [1.807, 2.05) is 18.0 Å². The van der Waals surface area contributed by atoms with E-state index in [9.17, 15) is 9.59 Å². The fourth-order valence-corrected chi connectivity index (χ4v) is 4.42. The number of likely N-dealkylation sites (N-methyl/N-ethyl adjacent to an activating group) is 1. The first kappa shape index (κ1) is 17.5. The van der Waals surface area contributed by atoms with Gasteiger partial charge in [-0.2, -0.15) is 0 Å². The highest BCUT2D eigenvalue weighted by atomic mass is 16.5. The molecule has 2 aliphatic heterocycles. The molecule has 0 saturated carbocycles. The van der Waals surface area contributed by atoms with E-state index in [1.165, 1.54) is 18.4 Å². The fraction of sp³-hybridized carbons (Fsp3) is 0.650. The van der Waals surface area contributed by atoms with Gasteiger partial charge >= 0.3 is 0 Å². The van der Waals surface area contributed by atoms with Crippen LogP contribution in [0.2, 0.25) is 0 Å². The minimum atomic E-state index is -0.300. The average Bonchev–Trinajstić information content (AvgIpc) is 2.80. The van der Waals surface area contributed by atoms with Crippen LogP contribution in [-0.4, -0.2) is 65.5 Å². The number of amides is 2. The summed E-state index contributed by atoms with van der Waals surface area (Å²) in [7, 11) is 1.84. The highest BCUT2D eigenvalue weighted by Gasteiger charge is 2.40. The van der Waals surface area contributed by atoms with E-state index in [-0.39, 0.29) is 17.4 Å². The van der Waals surface area contributed by atoms with Crippen molar-refractivity contribution in [1.29, 1.82) is 0 Å². The molecule has 3 heterocycles. The van der Waals surface area contributed by atoms with E-state index >= 15 is 0 Å². The van der Waals surface area contributed by atoms with E-state index in [0.717, 1.165) is 31.4 Å². The van der Waals surface area contributed by atoms with Crippen molar-refractivity contribution in [1.82, 2.24) is 14.8 Å². The van der Waals surface area contributed by atoms with Gasteiger partial charge in [-0.05, 0) is 50.2 Å². The van der Waals surface area contributed by atoms with Gasteiger partial charge in [0.15, 0.2) is 0 Å². The summed E-state index contributed by atoms with van der Waals surface area (Å²) in [6.07, 6.45) is 8.16. The second kappa shape index (κ2) is 6.99. The minimum Gasteiger partial charge on any atom is -0.372 e. The molecule has 0 bridgehead atoms. The van der Waals surface area contributed by atoms with Crippen LogP contribution in [0, 0.1) is 0 Å². The van der Waals surface area contributed by atoms with Crippen LogP contribution in [0.3, 0.4) is 0 Å². The van der Waals surface area contributed by atoms with Gasteiger partial charge in [-0.15, -0.1) is 0 Å². The van der Waals surface area contributed by atoms with E-state index in [2.05, 4.69) is 4.98 Å². The summed E-state index contributed by atoms with van der Waals surface area (Å²) in [5, 5.41) is 0. The third-order valence-electron chi connectivity index (χ3n) is 6.05. The molecule has 2 amide bonds. The minimum absolute atomic E-state index is 0.0683. The van der Waals surface area contributed by atoms with E-state index in [1.54, 1.807) is 11.1 Å². The maximum Gasteiger partial charge on any atom is 0.255 e. The molecule has 4 rings (SSSR count). The van der Waals surface area contributed by atoms with Gasteiger partial charge in [-0.3, -0.25) is 14.6 Å². The van der Waals surface area contributed by atoms with Gasteiger partial charge in [0.2, 0.25) is 5.91 Å². The standard InChI is InChI=1S/C20H27N3O3/c1-22-14-20(26-11-6-18(22)24)7-9-23(10-8-20)19(25)16-12-15-4-2-3-5-17(15)21-13-16/h12-13H,2-11,14H2,1H3. The van der Waals surface area contributed by atoms with Gasteiger partial charge in [0.25, 0.3) is 5.91 Å². The summed E-state index contributed by atoms with van der Waals surface area (Å²) in [6.45, 7) is 2.43. The van der Waals surface area contributed by atoms with Gasteiger partial charge in [-0.1, -0.05) is 0 Å². The molecule has 2 fully saturated rings. The molecule has 6 nitrogen and oxygen atoms in total. The molecule has 0 N–H and O–H groups in total. The maximum absolute atomic E-state index is 12.9. The summed E-state index contributed by atoms with van der Waals surface area (Å²) < 4.78 is 6.07. The second-order valence-electron chi connectivity index (χ2n) is 7.86. The number of carbonyl (C=O) groups is 2. The van der Waals surface area contributed by atoms with E-state index < -0.39 is 0 Å². The zero-order chi connectivity index (χ0) is 18.1. The predicted octanol–water partition coefficient (Wildman–Crippen LogP) is 1.81. The van der Waals surface area contributed by atoms with Gasteiger partial charge in [-0.25, -0.2) is 0 Å². The first-order chi connectivity index (χ1) is 12.6. The molecule has 140 valence electrons. The molecular weight excluding hydrogens is 330 g/mol. The Balaban J connectivity index is 1.43. The fourth-order valence-electron chi connectivity index (χ4n) is 4.42. The molecule has 1 aromatic heterocycles. The second-order valence-corrected chi connectivity index (χ2v) is 7.86. The lowest BCUT2D eigenvalue weighted by atomic mass is 9.90. The van der Waals surface area contributed by atoms with E-state index in [0.29, 0.717) is 38.2 Å². The molecule has 0 radical (unpaired) electrons. The van der Waals surface area contributed by atoms with Crippen molar-refractivity contribution in [3.05, 3.63) is 29.1 Å². The number of aromatic nitrogens is 1. The number of carbonyl (C=O) groups excluding carboxylic acids is 2. The number of aryl methyl sites for hydroxylation is 2. The molecule has 6 heteroatoms. The highest BCUT2D eigenvalue weighted by molar-refractivity contribution is 5.94. The molecule has 26 heavy (non-hydrogen) atoms. The van der Waals surface area contributed by atoms with Gasteiger partial charge in [0.05, 0.1) is 24.2 Å². The lowest BCUT2D eigenvalue weighted by molar-refractivity contribution is -0.130. The number of hydrogen-bond donors (Lipinski definition) is 0. The smallest absolute Gasteiger partial charge is 0.255 e. The normalized spacial score (nSPS) is 22.9. The maximum atomic E-state index is 12.9. The van der Waals surface area contributed by atoms with Crippen molar-refractivity contribution in [3.8, 4) is 0 Å². The third kappa shape index (κ3) is 3.34. The Hall–Kier alpha value is -1.95. The zero-order valence-electron chi connectivity index (χ0n) is 15.5. The van der Waals surface area contributed by atoms with Crippen LogP contribution < -0.4 is 0 Å². The first-order valence-corrected chi connectivity index (χ1v) is 9.71. The molecule has 2 saturated heterocycles. The number of likely N-dealkylation sites (tertiary alicyclic amines) is 1. The van der Waals surface area contributed by atoms with Crippen LogP contribution in [0.25, 0.3) is 0 Å². The van der Waals surface area contributed by atoms with Gasteiger partial charge in [0.1, 0.15) is 0 Å². The summed E-state index contributed by atoms with van der Waals surface area (Å²) >= 11 is 0. The Labute approximate surface area is 154 Å². The number of rotatable bonds is 1. The monoisotopic (exact) mass is 357 g/mol. The van der Waals surface area contributed by atoms with Crippen molar-refractivity contribution >= 4 is 11.8 Å². The first-order valence-electron chi connectivity index (χ1n) is 9.71.